The lowest BCUT2D eigenvalue weighted by atomic mass is 9.81. The van der Waals surface area contributed by atoms with Crippen molar-refractivity contribution in [1.82, 2.24) is 4.90 Å². The van der Waals surface area contributed by atoms with E-state index in [2.05, 4.69) is 0 Å². The summed E-state index contributed by atoms with van der Waals surface area (Å²) in [7, 11) is 0. The van der Waals surface area contributed by atoms with Crippen molar-refractivity contribution in [2.24, 2.45) is 11.3 Å². The van der Waals surface area contributed by atoms with Gasteiger partial charge in [-0.25, -0.2) is 0 Å². The Bertz CT molecular complexity index is 673. The second-order valence-corrected chi connectivity index (χ2v) is 6.63. The van der Waals surface area contributed by atoms with Gasteiger partial charge in [0.15, 0.2) is 0 Å². The highest BCUT2D eigenvalue weighted by molar-refractivity contribution is 5.95. The predicted octanol–water partition coefficient (Wildman–Crippen LogP) is 1.18. The molecule has 0 radical (unpaired) electrons. The number of likely N-dealkylation sites (tertiary alicyclic amines) is 1. The summed E-state index contributed by atoms with van der Waals surface area (Å²) in [6, 6.07) is 5.49. The topological polar surface area (TPSA) is 76.1 Å². The number of hydrogen-bond donors (Lipinski definition) is 1. The smallest absolute Gasteiger partial charge is 0.314 e. The fraction of sp³-hybridized carbons (Fsp3) is 0.529. The van der Waals surface area contributed by atoms with Crippen LogP contribution >= 0.6 is 0 Å². The van der Waals surface area contributed by atoms with Gasteiger partial charge in [0, 0.05) is 24.6 Å². The highest BCUT2D eigenvalue weighted by Gasteiger charge is 2.57. The third-order valence-electron chi connectivity index (χ3n) is 5.24. The first-order valence-corrected chi connectivity index (χ1v) is 7.96. The van der Waals surface area contributed by atoms with E-state index in [9.17, 15) is 14.7 Å². The van der Waals surface area contributed by atoms with E-state index < -0.39 is 11.4 Å². The normalized spacial score (nSPS) is 28.9. The number of carboxylic acids is 1. The summed E-state index contributed by atoms with van der Waals surface area (Å²) in [6.07, 6.45) is 1.86. The van der Waals surface area contributed by atoms with Crippen molar-refractivity contribution in [3.8, 4) is 5.75 Å². The quantitative estimate of drug-likeness (QED) is 0.886. The maximum atomic E-state index is 12.8. The highest BCUT2D eigenvalue weighted by Crippen LogP contribution is 2.42. The summed E-state index contributed by atoms with van der Waals surface area (Å²) < 4.78 is 10.9. The van der Waals surface area contributed by atoms with E-state index in [-0.39, 0.29) is 25.0 Å². The number of carbonyl (C=O) groups excluding carboxylic acids is 1. The van der Waals surface area contributed by atoms with Crippen LogP contribution in [-0.2, 0) is 16.0 Å². The van der Waals surface area contributed by atoms with Gasteiger partial charge in [0.05, 0.1) is 19.8 Å². The maximum Gasteiger partial charge on any atom is 0.314 e. The van der Waals surface area contributed by atoms with Gasteiger partial charge in [0.2, 0.25) is 0 Å². The first-order chi connectivity index (χ1) is 11.1. The number of fused-ring (bicyclic) bond motifs is 2. The molecule has 3 aliphatic heterocycles. The number of benzene rings is 1. The highest BCUT2D eigenvalue weighted by atomic mass is 16.5. The Kier molecular flexibility index (Phi) is 3.30. The van der Waals surface area contributed by atoms with Crippen molar-refractivity contribution < 1.29 is 24.2 Å². The Morgan fingerprint density at radius 3 is 3.00 bits per heavy atom. The zero-order valence-corrected chi connectivity index (χ0v) is 12.8. The van der Waals surface area contributed by atoms with Gasteiger partial charge >= 0.3 is 5.97 Å². The molecule has 1 N–H and O–H groups in total. The van der Waals surface area contributed by atoms with Gasteiger partial charge in [-0.05, 0) is 36.6 Å². The van der Waals surface area contributed by atoms with Gasteiger partial charge in [0.1, 0.15) is 11.2 Å². The summed E-state index contributed by atoms with van der Waals surface area (Å²) in [5, 5.41) is 9.57. The lowest BCUT2D eigenvalue weighted by Crippen LogP contribution is -2.40. The zero-order chi connectivity index (χ0) is 16.0. The van der Waals surface area contributed by atoms with E-state index >= 15 is 0 Å². The maximum absolute atomic E-state index is 12.8. The molecule has 122 valence electrons. The van der Waals surface area contributed by atoms with E-state index in [1.807, 2.05) is 12.1 Å². The molecule has 0 saturated carbocycles. The first-order valence-electron chi connectivity index (χ1n) is 7.96. The van der Waals surface area contributed by atoms with E-state index in [1.165, 1.54) is 0 Å². The third-order valence-corrected chi connectivity index (χ3v) is 5.24. The number of amides is 1. The average Bonchev–Trinajstić information content (AvgIpc) is 3.12. The molecule has 0 aromatic heterocycles. The van der Waals surface area contributed by atoms with Crippen molar-refractivity contribution in [1.29, 1.82) is 0 Å². The van der Waals surface area contributed by atoms with E-state index in [4.69, 9.17) is 9.47 Å². The number of carbonyl (C=O) groups is 2. The van der Waals surface area contributed by atoms with Crippen molar-refractivity contribution in [2.45, 2.75) is 12.8 Å². The largest absolute Gasteiger partial charge is 0.493 e. The molecule has 1 aromatic carbocycles. The molecule has 2 saturated heterocycles. The summed E-state index contributed by atoms with van der Waals surface area (Å²) in [6.45, 7) is 1.98. The van der Waals surface area contributed by atoms with Gasteiger partial charge in [-0.2, -0.15) is 0 Å². The SMILES string of the molecule is O=C(c1ccc2c(c1)CCCO2)N1C[C@@H]2COC[C@]2(C(=O)O)C1. The lowest BCUT2D eigenvalue weighted by molar-refractivity contribution is -0.149. The van der Waals surface area contributed by atoms with Crippen LogP contribution in [0.3, 0.4) is 0 Å². The van der Waals surface area contributed by atoms with E-state index in [0.29, 0.717) is 18.7 Å². The Labute approximate surface area is 134 Å². The minimum atomic E-state index is -0.938. The Morgan fingerprint density at radius 2 is 2.22 bits per heavy atom. The second kappa shape index (κ2) is 5.23. The van der Waals surface area contributed by atoms with Gasteiger partial charge in [-0.3, -0.25) is 9.59 Å². The van der Waals surface area contributed by atoms with Crippen LogP contribution < -0.4 is 4.74 Å². The van der Waals surface area contributed by atoms with Gasteiger partial charge < -0.3 is 19.5 Å². The monoisotopic (exact) mass is 317 g/mol. The average molecular weight is 317 g/mol. The Hall–Kier alpha value is -2.08. The van der Waals surface area contributed by atoms with Crippen molar-refractivity contribution >= 4 is 11.9 Å². The van der Waals surface area contributed by atoms with Crippen LogP contribution in [0.5, 0.6) is 5.75 Å². The fourth-order valence-electron chi connectivity index (χ4n) is 3.87. The molecule has 1 amide bonds. The summed E-state index contributed by atoms with van der Waals surface area (Å²) in [5.74, 6) is -0.242. The second-order valence-electron chi connectivity index (χ2n) is 6.63. The molecule has 0 aliphatic carbocycles. The number of ether oxygens (including phenoxy) is 2. The molecule has 6 heteroatoms. The molecule has 3 heterocycles. The van der Waals surface area contributed by atoms with Crippen LogP contribution in [-0.4, -0.2) is 54.8 Å². The van der Waals surface area contributed by atoms with Crippen LogP contribution in [0, 0.1) is 11.3 Å². The van der Waals surface area contributed by atoms with E-state index in [0.717, 1.165) is 30.8 Å². The molecule has 0 bridgehead atoms. The predicted molar refractivity (Wildman–Crippen MR) is 80.5 cm³/mol. The zero-order valence-electron chi connectivity index (χ0n) is 12.8. The van der Waals surface area contributed by atoms with Crippen molar-refractivity contribution in [3.05, 3.63) is 29.3 Å². The number of aryl methyl sites for hydroxylation is 1. The van der Waals surface area contributed by atoms with Gasteiger partial charge in [0.25, 0.3) is 5.91 Å². The lowest BCUT2D eigenvalue weighted by Gasteiger charge is -2.23. The molecule has 2 fully saturated rings. The molecular formula is C17H19NO5. The minimum Gasteiger partial charge on any atom is -0.493 e. The molecule has 3 aliphatic rings. The summed E-state index contributed by atoms with van der Waals surface area (Å²) in [5.41, 5.74) is 0.723. The van der Waals surface area contributed by atoms with Gasteiger partial charge in [-0.1, -0.05) is 0 Å². The van der Waals surface area contributed by atoms with Crippen LogP contribution in [0.25, 0.3) is 0 Å². The molecule has 0 spiro atoms. The number of nitrogens with zero attached hydrogens (tertiary/aromatic N) is 1. The molecule has 4 rings (SSSR count). The Morgan fingerprint density at radius 1 is 1.35 bits per heavy atom. The number of hydrogen-bond acceptors (Lipinski definition) is 4. The summed E-state index contributed by atoms with van der Waals surface area (Å²) >= 11 is 0. The van der Waals surface area contributed by atoms with Gasteiger partial charge in [-0.15, -0.1) is 0 Å². The number of carboxylic acid groups (broad SMARTS) is 1. The van der Waals surface area contributed by atoms with Crippen LogP contribution in [0.1, 0.15) is 22.3 Å². The van der Waals surface area contributed by atoms with Crippen molar-refractivity contribution in [2.75, 3.05) is 32.9 Å². The van der Waals surface area contributed by atoms with Crippen LogP contribution in [0.4, 0.5) is 0 Å². The first kappa shape index (κ1) is 14.5. The van der Waals surface area contributed by atoms with E-state index in [1.54, 1.807) is 11.0 Å². The molecule has 6 nitrogen and oxygen atoms in total. The molecule has 23 heavy (non-hydrogen) atoms. The number of aliphatic carboxylic acids is 1. The minimum absolute atomic E-state index is 0.103. The van der Waals surface area contributed by atoms with Crippen molar-refractivity contribution in [3.63, 3.8) is 0 Å². The molecule has 1 aromatic rings. The molecule has 0 unspecified atom stereocenters. The Balaban J connectivity index is 1.57. The summed E-state index contributed by atoms with van der Waals surface area (Å²) in [4.78, 5) is 26.1. The fourth-order valence-corrected chi connectivity index (χ4v) is 3.87. The number of rotatable bonds is 2. The molecular weight excluding hydrogens is 298 g/mol. The van der Waals surface area contributed by atoms with Crippen LogP contribution in [0.2, 0.25) is 0 Å². The third kappa shape index (κ3) is 2.20. The standard InChI is InChI=1S/C17H19NO5/c19-15(12-3-4-14-11(6-12)2-1-5-23-14)18-7-13-8-22-10-17(13,9-18)16(20)21/h3-4,6,13H,1-2,5,7-10H2,(H,20,21)/t13-,17-/m1/s1. The molecule has 2 atom stereocenters. The van der Waals surface area contributed by atoms with Crippen LogP contribution in [0.15, 0.2) is 18.2 Å².